The van der Waals surface area contributed by atoms with Gasteiger partial charge in [-0.15, -0.1) is 0 Å². The number of benzene rings is 2. The molecule has 3 rings (SSSR count). The summed E-state index contributed by atoms with van der Waals surface area (Å²) in [6, 6.07) is 11.2. The number of hydrogen-bond donors (Lipinski definition) is 2. The highest BCUT2D eigenvalue weighted by Gasteiger charge is 2.23. The smallest absolute Gasteiger partial charge is 0.308 e. The van der Waals surface area contributed by atoms with Crippen molar-refractivity contribution in [2.75, 3.05) is 18.1 Å². The van der Waals surface area contributed by atoms with E-state index in [-0.39, 0.29) is 12.0 Å². The number of nitrogens with one attached hydrogen (secondary N) is 1. The summed E-state index contributed by atoms with van der Waals surface area (Å²) in [4.78, 5) is 35.9. The standard InChI is InChI=1S/C30H33FN2O8S/c1-30(2,3)25-15-21(24-16-22(31)17-33(29(24)37)18-41-27(36)13-12-26(34)35)14-20(28(25)40-4)9-6-19-7-10-23(11-8-19)32-42(5,38)39/h6-11,14-17,32H,12-13,18H2,1-5H3,(H,34,35). The van der Waals surface area contributed by atoms with E-state index < -0.39 is 51.9 Å². The quantitative estimate of drug-likeness (QED) is 0.235. The van der Waals surface area contributed by atoms with Crippen LogP contribution in [-0.4, -0.2) is 43.4 Å². The molecule has 0 spiro atoms. The summed E-state index contributed by atoms with van der Waals surface area (Å²) >= 11 is 0. The molecule has 0 radical (unpaired) electrons. The van der Waals surface area contributed by atoms with Crippen molar-refractivity contribution in [1.82, 2.24) is 4.57 Å². The van der Waals surface area contributed by atoms with Crippen molar-refractivity contribution in [3.05, 3.63) is 81.5 Å². The molecule has 3 aromatic rings. The number of anilines is 1. The molecule has 0 aliphatic heterocycles. The van der Waals surface area contributed by atoms with Crippen molar-refractivity contribution in [3.8, 4) is 16.9 Å². The first kappa shape index (κ1) is 32.1. The highest BCUT2D eigenvalue weighted by atomic mass is 32.2. The molecule has 2 N–H and O–H groups in total. The second kappa shape index (κ2) is 13.0. The number of rotatable bonds is 11. The fourth-order valence-electron chi connectivity index (χ4n) is 4.10. The lowest BCUT2D eigenvalue weighted by atomic mass is 9.83. The number of carboxylic acid groups (broad SMARTS) is 1. The number of halogens is 1. The number of aromatic nitrogens is 1. The Labute approximate surface area is 243 Å². The van der Waals surface area contributed by atoms with Gasteiger partial charge in [-0.1, -0.05) is 45.1 Å². The maximum atomic E-state index is 14.7. The number of carbonyl (C=O) groups is 2. The molecule has 0 fully saturated rings. The molecular weight excluding hydrogens is 567 g/mol. The molecule has 0 saturated carbocycles. The van der Waals surface area contributed by atoms with Crippen molar-refractivity contribution >= 4 is 39.8 Å². The fourth-order valence-corrected chi connectivity index (χ4v) is 4.67. The van der Waals surface area contributed by atoms with Crippen molar-refractivity contribution < 1.29 is 37.0 Å². The number of carbonyl (C=O) groups excluding carboxylic acids is 1. The first-order chi connectivity index (χ1) is 19.6. The topological polar surface area (TPSA) is 141 Å². The van der Waals surface area contributed by atoms with Gasteiger partial charge >= 0.3 is 11.9 Å². The third-order valence-electron chi connectivity index (χ3n) is 6.07. The predicted octanol–water partition coefficient (Wildman–Crippen LogP) is 4.87. The molecule has 10 nitrogen and oxygen atoms in total. The van der Waals surface area contributed by atoms with E-state index >= 15 is 0 Å². The lowest BCUT2D eigenvalue weighted by Crippen LogP contribution is -2.25. The normalized spacial score (nSPS) is 11.9. The summed E-state index contributed by atoms with van der Waals surface area (Å²) < 4.78 is 51.7. The van der Waals surface area contributed by atoms with Crippen LogP contribution >= 0.6 is 0 Å². The fraction of sp³-hybridized carbons (Fsp3) is 0.300. The molecule has 0 amide bonds. The largest absolute Gasteiger partial charge is 0.496 e. The predicted molar refractivity (Wildman–Crippen MR) is 158 cm³/mol. The molecule has 12 heteroatoms. The van der Waals surface area contributed by atoms with Gasteiger partial charge < -0.3 is 14.6 Å². The molecule has 0 bridgehead atoms. The zero-order chi connectivity index (χ0) is 31.2. The maximum Gasteiger partial charge on any atom is 0.308 e. The molecule has 0 saturated heterocycles. The van der Waals surface area contributed by atoms with Crippen molar-refractivity contribution in [2.45, 2.75) is 45.8 Å². The van der Waals surface area contributed by atoms with Crippen LogP contribution in [0.1, 0.15) is 50.3 Å². The van der Waals surface area contributed by atoms with E-state index in [1.807, 2.05) is 20.8 Å². The van der Waals surface area contributed by atoms with Gasteiger partial charge in [0.05, 0.1) is 31.8 Å². The molecule has 42 heavy (non-hydrogen) atoms. The Morgan fingerprint density at radius 2 is 1.74 bits per heavy atom. The molecule has 1 heterocycles. The van der Waals surface area contributed by atoms with Gasteiger partial charge in [0.1, 0.15) is 11.6 Å². The van der Waals surface area contributed by atoms with E-state index in [4.69, 9.17) is 14.6 Å². The molecular formula is C30H33FN2O8S. The first-order valence-corrected chi connectivity index (χ1v) is 14.7. The monoisotopic (exact) mass is 600 g/mol. The van der Waals surface area contributed by atoms with Crippen molar-refractivity contribution in [1.29, 1.82) is 0 Å². The minimum atomic E-state index is -3.41. The SMILES string of the molecule is COc1c(C=Cc2ccc(NS(C)(=O)=O)cc2)cc(-c2cc(F)cn(COC(=O)CCC(=O)O)c2=O)cc1C(C)(C)C. The van der Waals surface area contributed by atoms with Gasteiger partial charge in [-0.2, -0.15) is 0 Å². The summed E-state index contributed by atoms with van der Waals surface area (Å²) in [6.07, 6.45) is 4.73. The molecule has 0 aliphatic carbocycles. The zero-order valence-corrected chi connectivity index (χ0v) is 24.7. The Morgan fingerprint density at radius 3 is 2.31 bits per heavy atom. The summed E-state index contributed by atoms with van der Waals surface area (Å²) in [5, 5.41) is 8.73. The third kappa shape index (κ3) is 8.77. The highest BCUT2D eigenvalue weighted by molar-refractivity contribution is 7.92. The van der Waals surface area contributed by atoms with Crippen LogP contribution in [0.15, 0.2) is 53.5 Å². The number of esters is 1. The Hall–Kier alpha value is -4.45. The van der Waals surface area contributed by atoms with Crippen LogP contribution in [0.25, 0.3) is 23.3 Å². The van der Waals surface area contributed by atoms with Crippen LogP contribution in [0.5, 0.6) is 5.75 Å². The Balaban J connectivity index is 2.05. The number of ether oxygens (including phenoxy) is 2. The maximum absolute atomic E-state index is 14.7. The number of pyridine rings is 1. The lowest BCUT2D eigenvalue weighted by molar-refractivity contribution is -0.150. The molecule has 0 atom stereocenters. The van der Waals surface area contributed by atoms with Crippen LogP contribution < -0.4 is 15.0 Å². The van der Waals surface area contributed by atoms with E-state index in [2.05, 4.69) is 4.72 Å². The van der Waals surface area contributed by atoms with E-state index in [9.17, 15) is 27.2 Å². The van der Waals surface area contributed by atoms with Crippen LogP contribution in [-0.2, 0) is 36.5 Å². The zero-order valence-electron chi connectivity index (χ0n) is 23.9. The van der Waals surface area contributed by atoms with Crippen molar-refractivity contribution in [2.24, 2.45) is 0 Å². The van der Waals surface area contributed by atoms with Gasteiger partial charge in [-0.25, -0.2) is 12.8 Å². The number of aliphatic carboxylic acids is 1. The van der Waals surface area contributed by atoms with Crippen LogP contribution in [0.4, 0.5) is 10.1 Å². The van der Waals surface area contributed by atoms with Gasteiger partial charge in [0.2, 0.25) is 10.0 Å². The van der Waals surface area contributed by atoms with E-state index in [0.717, 1.165) is 34.2 Å². The van der Waals surface area contributed by atoms with Gasteiger partial charge in [0, 0.05) is 23.0 Å². The van der Waals surface area contributed by atoms with E-state index in [1.54, 1.807) is 48.6 Å². The number of sulfonamides is 1. The number of nitrogens with zero attached hydrogens (tertiary/aromatic N) is 1. The van der Waals surface area contributed by atoms with Crippen molar-refractivity contribution in [3.63, 3.8) is 0 Å². The average molecular weight is 601 g/mol. The average Bonchev–Trinajstić information content (AvgIpc) is 2.89. The molecule has 0 unspecified atom stereocenters. The Morgan fingerprint density at radius 1 is 1.07 bits per heavy atom. The Kier molecular flexibility index (Phi) is 9.95. The molecule has 2 aromatic carbocycles. The molecule has 0 aliphatic rings. The third-order valence-corrected chi connectivity index (χ3v) is 6.68. The number of carboxylic acids is 1. The second-order valence-electron chi connectivity index (χ2n) is 10.6. The van der Waals surface area contributed by atoms with Gasteiger partial charge in [-0.3, -0.25) is 23.7 Å². The van der Waals surface area contributed by atoms with Gasteiger partial charge in [0.15, 0.2) is 6.73 Å². The van der Waals surface area contributed by atoms with Crippen LogP contribution in [0, 0.1) is 5.82 Å². The minimum Gasteiger partial charge on any atom is -0.496 e. The van der Waals surface area contributed by atoms with Gasteiger partial charge in [0.25, 0.3) is 5.56 Å². The van der Waals surface area contributed by atoms with Crippen LogP contribution in [0.2, 0.25) is 0 Å². The van der Waals surface area contributed by atoms with E-state index in [0.29, 0.717) is 22.6 Å². The first-order valence-electron chi connectivity index (χ1n) is 12.8. The van der Waals surface area contributed by atoms with Crippen LogP contribution in [0.3, 0.4) is 0 Å². The Bertz CT molecular complexity index is 1670. The summed E-state index contributed by atoms with van der Waals surface area (Å²) in [7, 11) is -1.88. The lowest BCUT2D eigenvalue weighted by Gasteiger charge is -2.25. The van der Waals surface area contributed by atoms with E-state index in [1.165, 1.54) is 7.11 Å². The summed E-state index contributed by atoms with van der Waals surface area (Å²) in [5.74, 6) is -2.18. The number of hydrogen-bond acceptors (Lipinski definition) is 7. The minimum absolute atomic E-state index is 0.0237. The summed E-state index contributed by atoms with van der Waals surface area (Å²) in [6.45, 7) is 5.32. The molecule has 1 aromatic heterocycles. The number of methoxy groups -OCH3 is 1. The molecule has 224 valence electrons. The van der Waals surface area contributed by atoms with Gasteiger partial charge in [-0.05, 0) is 46.9 Å². The second-order valence-corrected chi connectivity index (χ2v) is 12.4. The highest BCUT2D eigenvalue weighted by Crippen LogP contribution is 2.38. The summed E-state index contributed by atoms with van der Waals surface area (Å²) in [5.41, 5.74) is 1.92.